The zero-order valence-electron chi connectivity index (χ0n) is 12.5. The second-order valence-corrected chi connectivity index (χ2v) is 5.78. The normalized spacial score (nSPS) is 18.8. The predicted octanol–water partition coefficient (Wildman–Crippen LogP) is 2.43. The third kappa shape index (κ3) is 4.97. The van der Waals surface area contributed by atoms with Gasteiger partial charge in [0.05, 0.1) is 0 Å². The van der Waals surface area contributed by atoms with E-state index in [0.717, 1.165) is 38.4 Å². The van der Waals surface area contributed by atoms with Gasteiger partial charge in [-0.05, 0) is 62.7 Å². The fourth-order valence-corrected chi connectivity index (χ4v) is 2.81. The smallest absolute Gasteiger partial charge is 0.220 e. The van der Waals surface area contributed by atoms with Gasteiger partial charge in [0.2, 0.25) is 5.91 Å². The van der Waals surface area contributed by atoms with Crippen molar-refractivity contribution in [3.63, 3.8) is 0 Å². The van der Waals surface area contributed by atoms with E-state index in [4.69, 9.17) is 0 Å². The Balaban J connectivity index is 1.62. The molecule has 20 heavy (non-hydrogen) atoms. The van der Waals surface area contributed by atoms with Crippen LogP contribution in [0.5, 0.6) is 0 Å². The van der Waals surface area contributed by atoms with Gasteiger partial charge in [-0.15, -0.1) is 0 Å². The molecule has 1 aromatic rings. The monoisotopic (exact) mass is 274 g/mol. The van der Waals surface area contributed by atoms with E-state index < -0.39 is 0 Å². The molecule has 3 nitrogen and oxygen atoms in total. The lowest BCUT2D eigenvalue weighted by atomic mass is 9.96. The van der Waals surface area contributed by atoms with Gasteiger partial charge in [-0.2, -0.15) is 0 Å². The summed E-state index contributed by atoms with van der Waals surface area (Å²) < 4.78 is 0. The highest BCUT2D eigenvalue weighted by atomic mass is 16.1. The lowest BCUT2D eigenvalue weighted by Gasteiger charge is -2.22. The van der Waals surface area contributed by atoms with E-state index in [0.29, 0.717) is 6.42 Å². The third-order valence-electron chi connectivity index (χ3n) is 4.16. The molecule has 1 aliphatic heterocycles. The maximum atomic E-state index is 11.8. The number of piperidine rings is 1. The van der Waals surface area contributed by atoms with E-state index in [-0.39, 0.29) is 5.91 Å². The van der Waals surface area contributed by atoms with Crippen LogP contribution in [0.4, 0.5) is 0 Å². The van der Waals surface area contributed by atoms with E-state index in [1.165, 1.54) is 24.0 Å². The highest BCUT2D eigenvalue weighted by Crippen LogP contribution is 2.13. The second-order valence-electron chi connectivity index (χ2n) is 5.78. The Morgan fingerprint density at radius 2 is 2.25 bits per heavy atom. The van der Waals surface area contributed by atoms with Crippen molar-refractivity contribution < 1.29 is 4.79 Å². The van der Waals surface area contributed by atoms with Crippen molar-refractivity contribution in [3.8, 4) is 0 Å². The molecule has 1 aliphatic rings. The van der Waals surface area contributed by atoms with E-state index >= 15 is 0 Å². The van der Waals surface area contributed by atoms with Crippen LogP contribution in [-0.4, -0.2) is 25.5 Å². The van der Waals surface area contributed by atoms with Crippen molar-refractivity contribution in [2.45, 2.75) is 39.0 Å². The van der Waals surface area contributed by atoms with Crippen molar-refractivity contribution in [3.05, 3.63) is 35.4 Å². The maximum absolute atomic E-state index is 11.8. The molecule has 1 amide bonds. The Kier molecular flexibility index (Phi) is 6.06. The lowest BCUT2D eigenvalue weighted by molar-refractivity contribution is -0.121. The topological polar surface area (TPSA) is 41.1 Å². The second kappa shape index (κ2) is 8.05. The average Bonchev–Trinajstić information content (AvgIpc) is 2.47. The molecule has 2 N–H and O–H groups in total. The predicted molar refractivity (Wildman–Crippen MR) is 82.7 cm³/mol. The summed E-state index contributed by atoms with van der Waals surface area (Å²) in [5.41, 5.74) is 2.55. The minimum absolute atomic E-state index is 0.178. The van der Waals surface area contributed by atoms with Crippen LogP contribution >= 0.6 is 0 Å². The molecule has 3 heteroatoms. The molecule has 110 valence electrons. The molecular weight excluding hydrogens is 248 g/mol. The minimum Gasteiger partial charge on any atom is -0.356 e. The molecular formula is C17H26N2O. The molecule has 0 aliphatic carbocycles. The highest BCUT2D eigenvalue weighted by molar-refractivity contribution is 5.76. The van der Waals surface area contributed by atoms with Gasteiger partial charge in [-0.3, -0.25) is 4.79 Å². The number of benzene rings is 1. The summed E-state index contributed by atoms with van der Waals surface area (Å²) >= 11 is 0. The van der Waals surface area contributed by atoms with Gasteiger partial charge >= 0.3 is 0 Å². The van der Waals surface area contributed by atoms with Crippen molar-refractivity contribution in [2.24, 2.45) is 5.92 Å². The molecule has 0 spiro atoms. The first kappa shape index (κ1) is 15.0. The maximum Gasteiger partial charge on any atom is 0.220 e. The van der Waals surface area contributed by atoms with Crippen LogP contribution in [0.2, 0.25) is 0 Å². The number of carbonyl (C=O) groups excluding carboxylic acids is 1. The van der Waals surface area contributed by atoms with Crippen LogP contribution in [0, 0.1) is 12.8 Å². The van der Waals surface area contributed by atoms with Crippen LogP contribution in [-0.2, 0) is 11.2 Å². The number of nitrogens with one attached hydrogen (secondary N) is 2. The summed E-state index contributed by atoms with van der Waals surface area (Å²) in [4.78, 5) is 11.8. The van der Waals surface area contributed by atoms with Gasteiger partial charge < -0.3 is 10.6 Å². The molecule has 1 aromatic carbocycles. The molecule has 1 heterocycles. The lowest BCUT2D eigenvalue weighted by Crippen LogP contribution is -2.33. The summed E-state index contributed by atoms with van der Waals surface area (Å²) in [5, 5.41) is 6.47. The molecule has 0 radical (unpaired) electrons. The van der Waals surface area contributed by atoms with Gasteiger partial charge in [-0.1, -0.05) is 24.3 Å². The zero-order valence-corrected chi connectivity index (χ0v) is 12.5. The molecule has 0 bridgehead atoms. The number of carbonyl (C=O) groups is 1. The summed E-state index contributed by atoms with van der Waals surface area (Å²) in [6.07, 6.45) is 5.10. The minimum atomic E-state index is 0.178. The van der Waals surface area contributed by atoms with Crippen molar-refractivity contribution in [1.29, 1.82) is 0 Å². The third-order valence-corrected chi connectivity index (χ3v) is 4.16. The highest BCUT2D eigenvalue weighted by Gasteiger charge is 2.12. The van der Waals surface area contributed by atoms with Crippen molar-refractivity contribution in [1.82, 2.24) is 10.6 Å². The van der Waals surface area contributed by atoms with Gasteiger partial charge in [0.1, 0.15) is 0 Å². The fraction of sp³-hybridized carbons (Fsp3) is 0.588. The van der Waals surface area contributed by atoms with Gasteiger partial charge in [0.25, 0.3) is 0 Å². The van der Waals surface area contributed by atoms with Crippen molar-refractivity contribution in [2.75, 3.05) is 19.6 Å². The first-order valence-electron chi connectivity index (χ1n) is 7.77. The number of hydrogen-bond donors (Lipinski definition) is 2. The van der Waals surface area contributed by atoms with E-state index in [9.17, 15) is 4.79 Å². The SMILES string of the molecule is Cc1ccccc1CCC(=O)NCCC1CCCNC1. The molecule has 1 atom stereocenters. The van der Waals surface area contributed by atoms with Gasteiger partial charge in [0.15, 0.2) is 0 Å². The first-order chi connectivity index (χ1) is 9.75. The standard InChI is InChI=1S/C17H26N2O/c1-14-5-2-3-7-16(14)8-9-17(20)19-12-10-15-6-4-11-18-13-15/h2-3,5,7,15,18H,4,6,8-13H2,1H3,(H,19,20). The van der Waals surface area contributed by atoms with Gasteiger partial charge in [-0.25, -0.2) is 0 Å². The number of aryl methyl sites for hydroxylation is 2. The zero-order chi connectivity index (χ0) is 14.2. The van der Waals surface area contributed by atoms with Crippen LogP contribution in [0.1, 0.15) is 36.8 Å². The number of hydrogen-bond acceptors (Lipinski definition) is 2. The summed E-state index contributed by atoms with van der Waals surface area (Å²) in [6, 6.07) is 8.28. The molecule has 0 saturated carbocycles. The van der Waals surface area contributed by atoms with Gasteiger partial charge in [0, 0.05) is 13.0 Å². The van der Waals surface area contributed by atoms with E-state index in [1.807, 2.05) is 12.1 Å². The molecule has 1 saturated heterocycles. The Labute approximate surface area is 122 Å². The Hall–Kier alpha value is -1.35. The van der Waals surface area contributed by atoms with Crippen molar-refractivity contribution >= 4 is 5.91 Å². The molecule has 2 rings (SSSR count). The summed E-state index contributed by atoms with van der Waals surface area (Å²) in [5.74, 6) is 0.914. The fourth-order valence-electron chi connectivity index (χ4n) is 2.81. The van der Waals surface area contributed by atoms with Crippen LogP contribution in [0.15, 0.2) is 24.3 Å². The average molecular weight is 274 g/mol. The van der Waals surface area contributed by atoms with Crippen LogP contribution in [0.3, 0.4) is 0 Å². The molecule has 0 aromatic heterocycles. The van der Waals surface area contributed by atoms with Crippen LogP contribution in [0.25, 0.3) is 0 Å². The van der Waals surface area contributed by atoms with E-state index in [2.05, 4.69) is 29.7 Å². The molecule has 1 fully saturated rings. The number of amides is 1. The summed E-state index contributed by atoms with van der Waals surface area (Å²) in [7, 11) is 0. The summed E-state index contributed by atoms with van der Waals surface area (Å²) in [6.45, 7) is 5.18. The molecule has 1 unspecified atom stereocenters. The van der Waals surface area contributed by atoms with Crippen LogP contribution < -0.4 is 10.6 Å². The first-order valence-corrected chi connectivity index (χ1v) is 7.77. The van der Waals surface area contributed by atoms with E-state index in [1.54, 1.807) is 0 Å². The Morgan fingerprint density at radius 1 is 1.40 bits per heavy atom. The largest absolute Gasteiger partial charge is 0.356 e. The quantitative estimate of drug-likeness (QED) is 0.836. The number of rotatable bonds is 6. The Morgan fingerprint density at radius 3 is 3.00 bits per heavy atom. The Bertz CT molecular complexity index is 425.